The molecule has 4 heteroatoms. The molecule has 0 radical (unpaired) electrons. The Hall–Kier alpha value is -1.00. The van der Waals surface area contributed by atoms with Crippen molar-refractivity contribution >= 4 is 23.4 Å². The maximum Gasteiger partial charge on any atom is 0.0587 e. The molecule has 0 spiro atoms. The molecular weight excluding hydrogens is 302 g/mol. The summed E-state index contributed by atoms with van der Waals surface area (Å²) in [7, 11) is 1.72. The zero-order valence-corrected chi connectivity index (χ0v) is 13.9. The Morgan fingerprint density at radius 1 is 1.14 bits per heavy atom. The van der Waals surface area contributed by atoms with Gasteiger partial charge in [-0.15, -0.1) is 0 Å². The number of hydrogen-bond donors (Lipinski definition) is 1. The van der Waals surface area contributed by atoms with Gasteiger partial charge in [0, 0.05) is 30.0 Å². The van der Waals surface area contributed by atoms with Crippen LogP contribution in [0.25, 0.3) is 0 Å². The van der Waals surface area contributed by atoms with Crippen LogP contribution >= 0.6 is 23.4 Å². The lowest BCUT2D eigenvalue weighted by Crippen LogP contribution is -2.19. The van der Waals surface area contributed by atoms with Crippen molar-refractivity contribution < 1.29 is 4.74 Å². The van der Waals surface area contributed by atoms with Crippen LogP contribution in [0.4, 0.5) is 0 Å². The number of aryl methyl sites for hydroxylation is 1. The van der Waals surface area contributed by atoms with E-state index in [9.17, 15) is 0 Å². The van der Waals surface area contributed by atoms with Crippen LogP contribution in [-0.4, -0.2) is 20.3 Å². The zero-order valence-electron chi connectivity index (χ0n) is 12.4. The summed E-state index contributed by atoms with van der Waals surface area (Å²) in [6.45, 7) is 4.51. The number of benzene rings is 2. The van der Waals surface area contributed by atoms with Crippen molar-refractivity contribution in [3.63, 3.8) is 0 Å². The third-order valence-corrected chi connectivity index (χ3v) is 4.71. The van der Waals surface area contributed by atoms with Crippen molar-refractivity contribution in [1.82, 2.24) is 5.32 Å². The van der Waals surface area contributed by atoms with E-state index in [-0.39, 0.29) is 0 Å². The molecule has 0 aliphatic rings. The van der Waals surface area contributed by atoms with E-state index in [0.29, 0.717) is 0 Å². The molecule has 0 aliphatic heterocycles. The first-order valence-electron chi connectivity index (χ1n) is 6.92. The van der Waals surface area contributed by atoms with Crippen LogP contribution < -0.4 is 5.32 Å². The van der Waals surface area contributed by atoms with E-state index in [4.69, 9.17) is 16.3 Å². The number of halogens is 1. The Bertz CT molecular complexity index is 589. The highest BCUT2D eigenvalue weighted by Gasteiger charge is 2.07. The summed E-state index contributed by atoms with van der Waals surface area (Å²) in [6, 6.07) is 14.5. The van der Waals surface area contributed by atoms with Gasteiger partial charge in [0.05, 0.1) is 11.6 Å². The van der Waals surface area contributed by atoms with Crippen LogP contribution in [0.2, 0.25) is 5.02 Å². The van der Waals surface area contributed by atoms with Crippen LogP contribution in [0, 0.1) is 6.92 Å². The number of hydrogen-bond acceptors (Lipinski definition) is 3. The number of rotatable bonds is 7. The smallest absolute Gasteiger partial charge is 0.0587 e. The van der Waals surface area contributed by atoms with Gasteiger partial charge in [0.25, 0.3) is 0 Å². The molecule has 2 aromatic rings. The molecule has 0 aromatic heterocycles. The minimum atomic E-state index is 0.721. The molecule has 2 aromatic carbocycles. The molecule has 0 fully saturated rings. The largest absolute Gasteiger partial charge is 0.383 e. The molecule has 2 nitrogen and oxygen atoms in total. The van der Waals surface area contributed by atoms with E-state index >= 15 is 0 Å². The van der Waals surface area contributed by atoms with Gasteiger partial charge in [-0.3, -0.25) is 0 Å². The second-order valence-corrected chi connectivity index (χ2v) is 6.30. The van der Waals surface area contributed by atoms with Crippen LogP contribution in [0.1, 0.15) is 11.1 Å². The van der Waals surface area contributed by atoms with Gasteiger partial charge in [0.2, 0.25) is 0 Å². The summed E-state index contributed by atoms with van der Waals surface area (Å²) >= 11 is 7.96. The Morgan fingerprint density at radius 2 is 1.95 bits per heavy atom. The highest BCUT2D eigenvalue weighted by molar-refractivity contribution is 7.99. The number of ether oxygens (including phenoxy) is 1. The molecule has 0 atom stereocenters. The molecule has 0 amide bonds. The van der Waals surface area contributed by atoms with Crippen molar-refractivity contribution in [1.29, 1.82) is 0 Å². The number of nitrogens with one attached hydrogen (secondary N) is 1. The van der Waals surface area contributed by atoms with Gasteiger partial charge in [-0.05, 0) is 30.7 Å². The third kappa shape index (κ3) is 5.04. The first-order chi connectivity index (χ1) is 10.2. The van der Waals surface area contributed by atoms with Crippen LogP contribution in [0.15, 0.2) is 52.3 Å². The Labute approximate surface area is 135 Å². The van der Waals surface area contributed by atoms with Gasteiger partial charge in [-0.25, -0.2) is 0 Å². The van der Waals surface area contributed by atoms with Crippen molar-refractivity contribution in [3.05, 3.63) is 58.6 Å². The molecule has 0 bridgehead atoms. The molecule has 112 valence electrons. The van der Waals surface area contributed by atoms with Crippen molar-refractivity contribution in [2.75, 3.05) is 20.3 Å². The second-order valence-electron chi connectivity index (χ2n) is 4.81. The van der Waals surface area contributed by atoms with Gasteiger partial charge < -0.3 is 10.1 Å². The Morgan fingerprint density at radius 3 is 2.71 bits per heavy atom. The summed E-state index contributed by atoms with van der Waals surface area (Å²) < 4.78 is 5.06. The first kappa shape index (κ1) is 16.4. The highest BCUT2D eigenvalue weighted by Crippen LogP contribution is 2.35. The van der Waals surface area contributed by atoms with Gasteiger partial charge in [-0.2, -0.15) is 0 Å². The summed E-state index contributed by atoms with van der Waals surface area (Å²) in [5.41, 5.74) is 2.55. The van der Waals surface area contributed by atoms with Gasteiger partial charge >= 0.3 is 0 Å². The Kier molecular flexibility index (Phi) is 6.58. The molecule has 0 saturated heterocycles. The standard InChI is InChI=1S/C17H20ClNOS/c1-13-7-8-16(14(11-13)12-19-9-10-20-2)21-17-6-4-3-5-15(17)18/h3-8,11,19H,9-10,12H2,1-2H3. The van der Waals surface area contributed by atoms with Crippen LogP contribution in [0.3, 0.4) is 0 Å². The summed E-state index contributed by atoms with van der Waals surface area (Å²) in [4.78, 5) is 2.32. The molecule has 0 aliphatic carbocycles. The lowest BCUT2D eigenvalue weighted by Gasteiger charge is -2.12. The van der Waals surface area contributed by atoms with Crippen molar-refractivity contribution in [2.45, 2.75) is 23.3 Å². The normalized spacial score (nSPS) is 10.8. The lowest BCUT2D eigenvalue weighted by molar-refractivity contribution is 0.199. The monoisotopic (exact) mass is 321 g/mol. The minimum absolute atomic E-state index is 0.721. The SMILES string of the molecule is COCCNCc1cc(C)ccc1Sc1ccccc1Cl. The molecule has 0 unspecified atom stereocenters. The van der Waals surface area contributed by atoms with E-state index in [0.717, 1.165) is 29.6 Å². The van der Waals surface area contributed by atoms with Crippen LogP contribution in [-0.2, 0) is 11.3 Å². The van der Waals surface area contributed by atoms with Crippen LogP contribution in [0.5, 0.6) is 0 Å². The fourth-order valence-electron chi connectivity index (χ4n) is 1.99. The van der Waals surface area contributed by atoms with E-state index in [1.165, 1.54) is 16.0 Å². The molecule has 21 heavy (non-hydrogen) atoms. The summed E-state index contributed by atoms with van der Waals surface area (Å²) in [5.74, 6) is 0. The molecule has 0 saturated carbocycles. The summed E-state index contributed by atoms with van der Waals surface area (Å²) in [5, 5.41) is 4.19. The van der Waals surface area contributed by atoms with Gasteiger partial charge in [-0.1, -0.05) is 53.2 Å². The molecule has 0 heterocycles. The topological polar surface area (TPSA) is 21.3 Å². The highest BCUT2D eigenvalue weighted by atomic mass is 35.5. The van der Waals surface area contributed by atoms with E-state index in [2.05, 4.69) is 36.5 Å². The van der Waals surface area contributed by atoms with E-state index in [1.807, 2.05) is 18.2 Å². The maximum absolute atomic E-state index is 6.25. The predicted molar refractivity (Wildman–Crippen MR) is 90.3 cm³/mol. The molecule has 2 rings (SSSR count). The maximum atomic E-state index is 6.25. The molecule has 1 N–H and O–H groups in total. The Balaban J connectivity index is 2.13. The van der Waals surface area contributed by atoms with Gasteiger partial charge in [0.1, 0.15) is 0 Å². The first-order valence-corrected chi connectivity index (χ1v) is 8.11. The second kappa shape index (κ2) is 8.44. The fourth-order valence-corrected chi connectivity index (χ4v) is 3.19. The average Bonchev–Trinajstić information content (AvgIpc) is 2.48. The fraction of sp³-hybridized carbons (Fsp3) is 0.294. The van der Waals surface area contributed by atoms with Crippen molar-refractivity contribution in [2.24, 2.45) is 0 Å². The zero-order chi connectivity index (χ0) is 15.1. The number of methoxy groups -OCH3 is 1. The lowest BCUT2D eigenvalue weighted by atomic mass is 10.1. The quantitative estimate of drug-likeness (QED) is 0.757. The third-order valence-electron chi connectivity index (χ3n) is 3.07. The van der Waals surface area contributed by atoms with Gasteiger partial charge in [0.15, 0.2) is 0 Å². The van der Waals surface area contributed by atoms with Crippen molar-refractivity contribution in [3.8, 4) is 0 Å². The summed E-state index contributed by atoms with van der Waals surface area (Å²) in [6.07, 6.45) is 0. The molecular formula is C17H20ClNOS. The van der Waals surface area contributed by atoms with E-state index in [1.54, 1.807) is 18.9 Å². The average molecular weight is 322 g/mol. The minimum Gasteiger partial charge on any atom is -0.383 e. The predicted octanol–water partition coefficient (Wildman–Crippen LogP) is 4.54. The van der Waals surface area contributed by atoms with E-state index < -0.39 is 0 Å².